The van der Waals surface area contributed by atoms with Gasteiger partial charge in [0.25, 0.3) is 0 Å². The topological polar surface area (TPSA) is 102 Å². The first-order valence-corrected chi connectivity index (χ1v) is 10.4. The smallest absolute Gasteiger partial charge is 0.235 e. The molecule has 0 aliphatic carbocycles. The molecule has 0 radical (unpaired) electrons. The minimum Gasteiger partial charge on any atom is -0.354 e. The van der Waals surface area contributed by atoms with Crippen molar-refractivity contribution in [3.8, 4) is 5.82 Å². The van der Waals surface area contributed by atoms with E-state index < -0.39 is 0 Å². The fraction of sp³-hybridized carbons (Fsp3) is 0.389. The number of carbonyl (C=O) groups excluding carboxylic acids is 1. The average Bonchev–Trinajstić information content (AvgIpc) is 3.48. The number of rotatable bonds is 4. The minimum absolute atomic E-state index is 0.0245. The van der Waals surface area contributed by atoms with Crippen LogP contribution < -0.4 is 10.2 Å². The number of imidazole rings is 1. The van der Waals surface area contributed by atoms with E-state index in [1.807, 2.05) is 18.3 Å². The highest BCUT2D eigenvalue weighted by Crippen LogP contribution is 2.35. The third-order valence-corrected chi connectivity index (χ3v) is 6.08. The SMILES string of the molecule is O=C(Nc1onc2c1CSC2)C1CCCN(c2ccc(-n3ccnc3)nn2)C1. The van der Waals surface area contributed by atoms with Gasteiger partial charge in [0.1, 0.15) is 6.33 Å². The lowest BCUT2D eigenvalue weighted by atomic mass is 9.97. The molecule has 28 heavy (non-hydrogen) atoms. The average molecular weight is 397 g/mol. The van der Waals surface area contributed by atoms with E-state index in [4.69, 9.17) is 4.52 Å². The number of fused-ring (bicyclic) bond motifs is 1. The summed E-state index contributed by atoms with van der Waals surface area (Å²) in [4.78, 5) is 18.9. The van der Waals surface area contributed by atoms with Crippen LogP contribution in [-0.4, -0.2) is 43.9 Å². The van der Waals surface area contributed by atoms with E-state index in [2.05, 4.69) is 30.6 Å². The zero-order valence-electron chi connectivity index (χ0n) is 15.1. The molecule has 1 atom stereocenters. The van der Waals surface area contributed by atoms with Crippen LogP contribution in [0.2, 0.25) is 0 Å². The zero-order valence-corrected chi connectivity index (χ0v) is 15.9. The van der Waals surface area contributed by atoms with Gasteiger partial charge in [-0.15, -0.1) is 10.2 Å². The summed E-state index contributed by atoms with van der Waals surface area (Å²) >= 11 is 1.78. The summed E-state index contributed by atoms with van der Waals surface area (Å²) in [7, 11) is 0. The molecule has 5 heterocycles. The number of amides is 1. The van der Waals surface area contributed by atoms with Crippen molar-refractivity contribution in [2.24, 2.45) is 5.92 Å². The first-order chi connectivity index (χ1) is 13.8. The molecule has 10 heteroatoms. The fourth-order valence-corrected chi connectivity index (χ4v) is 4.61. The highest BCUT2D eigenvalue weighted by molar-refractivity contribution is 7.98. The van der Waals surface area contributed by atoms with Crippen LogP contribution in [0.25, 0.3) is 5.82 Å². The predicted octanol–water partition coefficient (Wildman–Crippen LogP) is 2.25. The Morgan fingerprint density at radius 1 is 1.25 bits per heavy atom. The molecular formula is C18H19N7O2S. The number of nitrogens with one attached hydrogen (secondary N) is 1. The van der Waals surface area contributed by atoms with Gasteiger partial charge in [0.15, 0.2) is 11.6 Å². The standard InChI is InChI=1S/C18H19N7O2S/c26-17(20-18-13-9-28-10-14(13)23-27-18)12-2-1-6-24(8-12)15-3-4-16(22-21-15)25-7-5-19-11-25/h3-5,7,11-12H,1-2,6,8-10H2,(H,20,26). The van der Waals surface area contributed by atoms with Gasteiger partial charge >= 0.3 is 0 Å². The van der Waals surface area contributed by atoms with Crippen LogP contribution >= 0.6 is 11.8 Å². The molecule has 1 amide bonds. The van der Waals surface area contributed by atoms with Crippen LogP contribution in [0.5, 0.6) is 0 Å². The number of hydrogen-bond donors (Lipinski definition) is 1. The van der Waals surface area contributed by atoms with E-state index in [0.29, 0.717) is 18.2 Å². The van der Waals surface area contributed by atoms with Gasteiger partial charge < -0.3 is 9.42 Å². The number of hydrogen-bond acceptors (Lipinski definition) is 8. The number of aromatic nitrogens is 5. The maximum absolute atomic E-state index is 12.8. The Bertz CT molecular complexity index is 970. The Hall–Kier alpha value is -2.88. The van der Waals surface area contributed by atoms with E-state index in [9.17, 15) is 4.79 Å². The molecule has 0 aromatic carbocycles. The van der Waals surface area contributed by atoms with Crippen LogP contribution in [-0.2, 0) is 16.3 Å². The van der Waals surface area contributed by atoms with Gasteiger partial charge in [-0.25, -0.2) is 4.98 Å². The van der Waals surface area contributed by atoms with E-state index >= 15 is 0 Å². The number of nitrogens with zero attached hydrogens (tertiary/aromatic N) is 6. The lowest BCUT2D eigenvalue weighted by Gasteiger charge is -2.32. The van der Waals surface area contributed by atoms with Crippen LogP contribution in [0.4, 0.5) is 11.7 Å². The van der Waals surface area contributed by atoms with E-state index in [1.54, 1.807) is 28.9 Å². The minimum atomic E-state index is -0.126. The second-order valence-electron chi connectivity index (χ2n) is 6.92. The Morgan fingerprint density at radius 3 is 2.96 bits per heavy atom. The van der Waals surface area contributed by atoms with E-state index in [0.717, 1.165) is 48.0 Å². The summed E-state index contributed by atoms with van der Waals surface area (Å²) in [6.07, 6.45) is 6.97. The highest BCUT2D eigenvalue weighted by atomic mass is 32.2. The molecule has 1 N–H and O–H groups in total. The van der Waals surface area contributed by atoms with Crippen molar-refractivity contribution in [3.63, 3.8) is 0 Å². The molecule has 0 saturated carbocycles. The maximum Gasteiger partial charge on any atom is 0.235 e. The first-order valence-electron chi connectivity index (χ1n) is 9.21. The summed E-state index contributed by atoms with van der Waals surface area (Å²) in [5.41, 5.74) is 1.96. The van der Waals surface area contributed by atoms with Gasteiger partial charge in [-0.05, 0) is 25.0 Å². The third-order valence-electron chi connectivity index (χ3n) is 5.11. The van der Waals surface area contributed by atoms with Crippen LogP contribution in [0, 0.1) is 5.92 Å². The quantitative estimate of drug-likeness (QED) is 0.715. The molecule has 1 saturated heterocycles. The lowest BCUT2D eigenvalue weighted by molar-refractivity contribution is -0.120. The molecular weight excluding hydrogens is 378 g/mol. The molecule has 1 unspecified atom stereocenters. The number of carbonyl (C=O) groups is 1. The molecule has 3 aromatic rings. The molecule has 2 aliphatic heterocycles. The van der Waals surface area contributed by atoms with Gasteiger partial charge in [0.05, 0.1) is 17.2 Å². The third kappa shape index (κ3) is 3.24. The van der Waals surface area contributed by atoms with Crippen molar-refractivity contribution in [2.45, 2.75) is 24.3 Å². The van der Waals surface area contributed by atoms with Crippen molar-refractivity contribution >= 4 is 29.4 Å². The van der Waals surface area contributed by atoms with Gasteiger partial charge in [0.2, 0.25) is 11.8 Å². The number of anilines is 2. The Morgan fingerprint density at radius 2 is 2.14 bits per heavy atom. The molecule has 0 spiro atoms. The monoisotopic (exact) mass is 397 g/mol. The normalized spacial score (nSPS) is 18.9. The summed E-state index contributed by atoms with van der Waals surface area (Å²) in [5.74, 6) is 3.53. The fourth-order valence-electron chi connectivity index (χ4n) is 3.58. The Balaban J connectivity index is 1.26. The molecule has 0 bridgehead atoms. The van der Waals surface area contributed by atoms with Gasteiger partial charge in [0, 0.05) is 37.0 Å². The van der Waals surface area contributed by atoms with Crippen molar-refractivity contribution in [1.29, 1.82) is 0 Å². The van der Waals surface area contributed by atoms with Crippen molar-refractivity contribution in [3.05, 3.63) is 42.1 Å². The molecule has 9 nitrogen and oxygen atoms in total. The zero-order chi connectivity index (χ0) is 18.9. The van der Waals surface area contributed by atoms with Crippen LogP contribution in [0.3, 0.4) is 0 Å². The van der Waals surface area contributed by atoms with Gasteiger partial charge in [-0.3, -0.25) is 14.7 Å². The summed E-state index contributed by atoms with van der Waals surface area (Å²) < 4.78 is 7.12. The van der Waals surface area contributed by atoms with Crippen LogP contribution in [0.1, 0.15) is 24.1 Å². The second kappa shape index (κ2) is 7.27. The Labute approximate surface area is 165 Å². The van der Waals surface area contributed by atoms with Crippen molar-refractivity contribution in [2.75, 3.05) is 23.3 Å². The van der Waals surface area contributed by atoms with Crippen molar-refractivity contribution in [1.82, 2.24) is 24.9 Å². The first kappa shape index (κ1) is 17.2. The molecule has 1 fully saturated rings. The second-order valence-corrected chi connectivity index (χ2v) is 7.91. The van der Waals surface area contributed by atoms with Gasteiger partial charge in [-0.2, -0.15) is 11.8 Å². The van der Waals surface area contributed by atoms with Crippen LogP contribution in [0.15, 0.2) is 35.4 Å². The number of thioether (sulfide) groups is 1. The molecule has 144 valence electrons. The molecule has 5 rings (SSSR count). The lowest BCUT2D eigenvalue weighted by Crippen LogP contribution is -2.41. The predicted molar refractivity (Wildman–Crippen MR) is 104 cm³/mol. The highest BCUT2D eigenvalue weighted by Gasteiger charge is 2.29. The maximum atomic E-state index is 12.8. The number of piperidine rings is 1. The molecule has 2 aliphatic rings. The van der Waals surface area contributed by atoms with E-state index in [-0.39, 0.29) is 11.8 Å². The summed E-state index contributed by atoms with van der Waals surface area (Å²) in [5, 5.41) is 15.6. The largest absolute Gasteiger partial charge is 0.354 e. The van der Waals surface area contributed by atoms with Crippen molar-refractivity contribution < 1.29 is 9.32 Å². The molecule has 3 aromatic heterocycles. The summed E-state index contributed by atoms with van der Waals surface area (Å²) in [6, 6.07) is 3.84. The van der Waals surface area contributed by atoms with E-state index in [1.165, 1.54) is 0 Å². The van der Waals surface area contributed by atoms with Gasteiger partial charge in [-0.1, -0.05) is 5.16 Å². The Kier molecular flexibility index (Phi) is 4.47. The summed E-state index contributed by atoms with van der Waals surface area (Å²) in [6.45, 7) is 1.47.